The molecule has 2 aliphatic rings. The zero-order valence-electron chi connectivity index (χ0n) is 9.73. The van der Waals surface area contributed by atoms with Crippen molar-refractivity contribution in [3.8, 4) is 0 Å². The Hall–Kier alpha value is -0.0400. The second-order valence-corrected chi connectivity index (χ2v) is 5.23. The van der Waals surface area contributed by atoms with Crippen molar-refractivity contribution in [2.45, 2.75) is 70.3 Å². The Kier molecular flexibility index (Phi) is 3.48. The summed E-state index contributed by atoms with van der Waals surface area (Å²) < 4.78 is 0. The van der Waals surface area contributed by atoms with Gasteiger partial charge in [0, 0.05) is 5.54 Å². The van der Waals surface area contributed by atoms with Crippen molar-refractivity contribution >= 4 is 0 Å². The van der Waals surface area contributed by atoms with Crippen LogP contribution in [0.2, 0.25) is 0 Å². The van der Waals surface area contributed by atoms with Crippen molar-refractivity contribution in [1.82, 2.24) is 4.90 Å². The highest BCUT2D eigenvalue weighted by Gasteiger charge is 2.39. The molecule has 0 aromatic carbocycles. The number of unbranched alkanes of at least 4 members (excludes halogenated alkanes) is 1. The first kappa shape index (κ1) is 10.5. The summed E-state index contributed by atoms with van der Waals surface area (Å²) in [6, 6.07) is 0. The SMILES string of the molecule is CCCCC1(N2CCCC2)CCCC1. The Morgan fingerprint density at radius 3 is 2.21 bits per heavy atom. The van der Waals surface area contributed by atoms with Gasteiger partial charge in [0.25, 0.3) is 0 Å². The molecule has 0 bridgehead atoms. The first-order valence-corrected chi connectivity index (χ1v) is 6.62. The fraction of sp³-hybridized carbons (Fsp3) is 1.00. The molecule has 0 N–H and O–H groups in total. The summed E-state index contributed by atoms with van der Waals surface area (Å²) in [5.41, 5.74) is 0.659. The molecule has 0 amide bonds. The van der Waals surface area contributed by atoms with E-state index in [-0.39, 0.29) is 0 Å². The molecule has 2 rings (SSSR count). The topological polar surface area (TPSA) is 3.24 Å². The molecule has 82 valence electrons. The van der Waals surface area contributed by atoms with Crippen molar-refractivity contribution in [2.24, 2.45) is 0 Å². The van der Waals surface area contributed by atoms with Gasteiger partial charge in [-0.15, -0.1) is 0 Å². The summed E-state index contributed by atoms with van der Waals surface area (Å²) in [5.74, 6) is 0. The van der Waals surface area contributed by atoms with Gasteiger partial charge < -0.3 is 0 Å². The molecule has 1 aliphatic heterocycles. The second kappa shape index (κ2) is 4.65. The van der Waals surface area contributed by atoms with Crippen LogP contribution in [-0.4, -0.2) is 23.5 Å². The summed E-state index contributed by atoms with van der Waals surface area (Å²) in [4.78, 5) is 2.83. The molecule has 0 aromatic rings. The zero-order chi connectivity index (χ0) is 9.86. The molecule has 2 fully saturated rings. The zero-order valence-corrected chi connectivity index (χ0v) is 9.73. The van der Waals surface area contributed by atoms with Gasteiger partial charge in [-0.05, 0) is 45.2 Å². The minimum Gasteiger partial charge on any atom is -0.298 e. The van der Waals surface area contributed by atoms with Gasteiger partial charge in [0.15, 0.2) is 0 Å². The smallest absolute Gasteiger partial charge is 0.0209 e. The van der Waals surface area contributed by atoms with Crippen LogP contribution in [0.15, 0.2) is 0 Å². The van der Waals surface area contributed by atoms with Crippen LogP contribution in [0.4, 0.5) is 0 Å². The van der Waals surface area contributed by atoms with Gasteiger partial charge in [-0.2, -0.15) is 0 Å². The molecule has 1 saturated carbocycles. The molecular formula is C13H25N. The van der Waals surface area contributed by atoms with E-state index in [9.17, 15) is 0 Å². The van der Waals surface area contributed by atoms with Gasteiger partial charge in [-0.25, -0.2) is 0 Å². The van der Waals surface area contributed by atoms with E-state index in [4.69, 9.17) is 0 Å². The van der Waals surface area contributed by atoms with E-state index >= 15 is 0 Å². The fourth-order valence-corrected chi connectivity index (χ4v) is 3.45. The van der Waals surface area contributed by atoms with Crippen molar-refractivity contribution in [2.75, 3.05) is 13.1 Å². The molecule has 1 saturated heterocycles. The number of hydrogen-bond donors (Lipinski definition) is 0. The molecule has 0 unspecified atom stereocenters. The Balaban J connectivity index is 1.97. The summed E-state index contributed by atoms with van der Waals surface area (Å²) >= 11 is 0. The predicted molar refractivity (Wildman–Crippen MR) is 61.5 cm³/mol. The summed E-state index contributed by atoms with van der Waals surface area (Å²) in [5, 5.41) is 0. The lowest BCUT2D eigenvalue weighted by Crippen LogP contribution is -2.44. The summed E-state index contributed by atoms with van der Waals surface area (Å²) in [7, 11) is 0. The molecule has 1 aliphatic carbocycles. The van der Waals surface area contributed by atoms with Crippen molar-refractivity contribution in [1.29, 1.82) is 0 Å². The van der Waals surface area contributed by atoms with Crippen LogP contribution in [0.25, 0.3) is 0 Å². The van der Waals surface area contributed by atoms with E-state index in [1.54, 1.807) is 0 Å². The van der Waals surface area contributed by atoms with Crippen molar-refractivity contribution in [3.63, 3.8) is 0 Å². The fourth-order valence-electron chi connectivity index (χ4n) is 3.45. The maximum absolute atomic E-state index is 2.83. The van der Waals surface area contributed by atoms with Crippen molar-refractivity contribution in [3.05, 3.63) is 0 Å². The number of nitrogens with zero attached hydrogens (tertiary/aromatic N) is 1. The quantitative estimate of drug-likeness (QED) is 0.662. The molecular weight excluding hydrogens is 170 g/mol. The van der Waals surface area contributed by atoms with E-state index < -0.39 is 0 Å². The molecule has 14 heavy (non-hydrogen) atoms. The number of hydrogen-bond acceptors (Lipinski definition) is 1. The van der Waals surface area contributed by atoms with E-state index in [0.29, 0.717) is 5.54 Å². The molecule has 0 aromatic heterocycles. The average Bonchev–Trinajstić information content (AvgIpc) is 2.86. The monoisotopic (exact) mass is 195 g/mol. The van der Waals surface area contributed by atoms with Gasteiger partial charge in [0.05, 0.1) is 0 Å². The predicted octanol–water partition coefficient (Wildman–Crippen LogP) is 3.59. The molecule has 1 nitrogen and oxygen atoms in total. The third kappa shape index (κ3) is 1.98. The first-order valence-electron chi connectivity index (χ1n) is 6.62. The average molecular weight is 195 g/mol. The number of likely N-dealkylation sites (tertiary alicyclic amines) is 1. The summed E-state index contributed by atoms with van der Waals surface area (Å²) in [6.45, 7) is 5.11. The van der Waals surface area contributed by atoms with E-state index in [2.05, 4.69) is 11.8 Å². The molecule has 1 heteroatoms. The minimum atomic E-state index is 0.659. The Morgan fingerprint density at radius 1 is 1.00 bits per heavy atom. The molecule has 1 heterocycles. The van der Waals surface area contributed by atoms with Crippen LogP contribution >= 0.6 is 0 Å². The van der Waals surface area contributed by atoms with Crippen LogP contribution in [0.1, 0.15) is 64.7 Å². The van der Waals surface area contributed by atoms with Gasteiger partial charge in [-0.3, -0.25) is 4.90 Å². The van der Waals surface area contributed by atoms with Crippen LogP contribution in [0.5, 0.6) is 0 Å². The number of rotatable bonds is 4. The summed E-state index contributed by atoms with van der Waals surface area (Å²) in [6.07, 6.45) is 13.2. The van der Waals surface area contributed by atoms with Crippen molar-refractivity contribution < 1.29 is 0 Å². The first-order chi connectivity index (χ1) is 6.87. The lowest BCUT2D eigenvalue weighted by atomic mass is 9.89. The highest BCUT2D eigenvalue weighted by molar-refractivity contribution is 4.96. The highest BCUT2D eigenvalue weighted by Crippen LogP contribution is 2.40. The minimum absolute atomic E-state index is 0.659. The Morgan fingerprint density at radius 2 is 1.64 bits per heavy atom. The van der Waals surface area contributed by atoms with E-state index in [1.165, 1.54) is 70.9 Å². The largest absolute Gasteiger partial charge is 0.298 e. The van der Waals surface area contributed by atoms with Crippen LogP contribution in [0, 0.1) is 0 Å². The molecule has 0 radical (unpaired) electrons. The van der Waals surface area contributed by atoms with E-state index in [1.807, 2.05) is 0 Å². The normalized spacial score (nSPS) is 27.2. The maximum Gasteiger partial charge on any atom is 0.0209 e. The maximum atomic E-state index is 2.83. The van der Waals surface area contributed by atoms with Gasteiger partial charge in [0.2, 0.25) is 0 Å². The molecule has 0 atom stereocenters. The highest BCUT2D eigenvalue weighted by atomic mass is 15.2. The third-order valence-electron chi connectivity index (χ3n) is 4.31. The van der Waals surface area contributed by atoms with Crippen LogP contribution < -0.4 is 0 Å². The van der Waals surface area contributed by atoms with Gasteiger partial charge in [0.1, 0.15) is 0 Å². The lowest BCUT2D eigenvalue weighted by Gasteiger charge is -2.39. The third-order valence-corrected chi connectivity index (χ3v) is 4.31. The van der Waals surface area contributed by atoms with Gasteiger partial charge in [-0.1, -0.05) is 32.6 Å². The van der Waals surface area contributed by atoms with Gasteiger partial charge >= 0.3 is 0 Å². The Bertz CT molecular complexity index is 164. The van der Waals surface area contributed by atoms with E-state index in [0.717, 1.165) is 0 Å². The van der Waals surface area contributed by atoms with Crippen LogP contribution in [-0.2, 0) is 0 Å². The standard InChI is InChI=1S/C13H25N/c1-2-3-8-13(9-4-5-10-13)14-11-6-7-12-14/h2-12H2,1H3. The second-order valence-electron chi connectivity index (χ2n) is 5.23. The lowest BCUT2D eigenvalue weighted by molar-refractivity contribution is 0.109. The molecule has 0 spiro atoms. The van der Waals surface area contributed by atoms with Crippen LogP contribution in [0.3, 0.4) is 0 Å². The Labute approximate surface area is 88.9 Å².